The monoisotopic (exact) mass is 399 g/mol. The molecule has 0 heterocycles. The van der Waals surface area contributed by atoms with E-state index >= 15 is 0 Å². The number of nitrogens with one attached hydrogen (secondary N) is 1. The third-order valence-corrected chi connectivity index (χ3v) is 4.23. The van der Waals surface area contributed by atoms with Crippen LogP contribution in [0.1, 0.15) is 15.9 Å². The molecule has 4 nitrogen and oxygen atoms in total. The Labute approximate surface area is 164 Å². The second kappa shape index (κ2) is 8.18. The highest BCUT2D eigenvalue weighted by Crippen LogP contribution is 2.35. The number of para-hydroxylation sites is 1. The summed E-state index contributed by atoms with van der Waals surface area (Å²) in [5, 5.41) is 3.73. The average Bonchev–Trinajstić information content (AvgIpc) is 2.70. The molecule has 0 atom stereocenters. The van der Waals surface area contributed by atoms with Gasteiger partial charge in [0.05, 0.1) is 23.9 Å². The molecule has 0 aliphatic carbocycles. The van der Waals surface area contributed by atoms with Gasteiger partial charge in [-0.15, -0.1) is 0 Å². The zero-order valence-corrected chi connectivity index (χ0v) is 15.3. The van der Waals surface area contributed by atoms with E-state index < -0.39 is 23.6 Å². The van der Waals surface area contributed by atoms with Crippen molar-refractivity contribution in [2.45, 2.75) is 6.18 Å². The third-order valence-electron chi connectivity index (χ3n) is 4.23. The molecule has 0 radical (unpaired) electrons. The normalized spacial score (nSPS) is 11.9. The molecule has 0 saturated carbocycles. The minimum Gasteiger partial charge on any atom is -0.465 e. The molecule has 3 aromatic rings. The van der Waals surface area contributed by atoms with Gasteiger partial charge < -0.3 is 10.1 Å². The molecule has 7 heteroatoms. The average molecular weight is 399 g/mol. The van der Waals surface area contributed by atoms with Gasteiger partial charge in [0.2, 0.25) is 5.91 Å². The predicted octanol–water partition coefficient (Wildman–Crippen LogP) is 5.21. The maximum Gasteiger partial charge on any atom is 0.417 e. The van der Waals surface area contributed by atoms with Crippen molar-refractivity contribution in [3.63, 3.8) is 0 Å². The van der Waals surface area contributed by atoms with Crippen molar-refractivity contribution in [1.29, 1.82) is 0 Å². The van der Waals surface area contributed by atoms with Crippen LogP contribution in [0.3, 0.4) is 0 Å². The number of allylic oxidation sites excluding steroid dienone is 1. The van der Waals surface area contributed by atoms with Gasteiger partial charge in [-0.05, 0) is 34.5 Å². The lowest BCUT2D eigenvalue weighted by Gasteiger charge is -2.14. The van der Waals surface area contributed by atoms with Gasteiger partial charge in [0.25, 0.3) is 0 Å². The van der Waals surface area contributed by atoms with Crippen molar-refractivity contribution in [2.75, 3.05) is 12.4 Å². The molecule has 29 heavy (non-hydrogen) atoms. The highest BCUT2D eigenvalue weighted by Gasteiger charge is 2.35. The molecular formula is C22H16F3NO3. The number of ether oxygens (including phenoxy) is 1. The first-order valence-corrected chi connectivity index (χ1v) is 8.56. The second-order valence-electron chi connectivity index (χ2n) is 6.14. The van der Waals surface area contributed by atoms with E-state index in [2.05, 4.69) is 10.1 Å². The Hall–Kier alpha value is -3.61. The molecule has 0 aliphatic heterocycles. The van der Waals surface area contributed by atoms with Crippen LogP contribution in [0.25, 0.3) is 16.3 Å². The molecule has 1 amide bonds. The lowest BCUT2D eigenvalue weighted by molar-refractivity contribution is -0.112. The quantitative estimate of drug-likeness (QED) is 0.484. The molecule has 0 aromatic heterocycles. The molecular weight excluding hydrogens is 383 g/mol. The number of amides is 1. The lowest BCUT2D eigenvalue weighted by atomic mass is 10.0. The maximum atomic E-state index is 13.6. The Balaban J connectivity index is 1.97. The first-order valence-electron chi connectivity index (χ1n) is 8.56. The molecule has 0 spiro atoms. The highest BCUT2D eigenvalue weighted by atomic mass is 19.4. The Kier molecular flexibility index (Phi) is 5.68. The van der Waals surface area contributed by atoms with Gasteiger partial charge >= 0.3 is 12.1 Å². The molecule has 1 N–H and O–H groups in total. The summed E-state index contributed by atoms with van der Waals surface area (Å²) >= 11 is 0. The fourth-order valence-electron chi connectivity index (χ4n) is 2.87. The Bertz CT molecular complexity index is 1100. The minimum absolute atomic E-state index is 0.0380. The van der Waals surface area contributed by atoms with Crippen LogP contribution in [-0.2, 0) is 9.53 Å². The standard InChI is InChI=1S/C22H16F3NO3/c1-29-21(28)17-8-4-5-9-19(17)26-20(27)13-18(22(23,24)25)16-11-10-14-6-2-3-7-15(14)12-16/h2-13H,1H3,(H,26,27). The number of esters is 1. The number of rotatable bonds is 4. The molecule has 148 valence electrons. The lowest BCUT2D eigenvalue weighted by Crippen LogP contribution is -2.17. The largest absolute Gasteiger partial charge is 0.465 e. The fraction of sp³-hybridized carbons (Fsp3) is 0.0909. The molecule has 3 aromatic carbocycles. The van der Waals surface area contributed by atoms with E-state index in [4.69, 9.17) is 0 Å². The number of methoxy groups -OCH3 is 1. The highest BCUT2D eigenvalue weighted by molar-refractivity contribution is 6.08. The number of halogens is 3. The summed E-state index contributed by atoms with van der Waals surface area (Å²) in [5.41, 5.74) is -1.12. The number of benzene rings is 3. The smallest absolute Gasteiger partial charge is 0.417 e. The SMILES string of the molecule is COC(=O)c1ccccc1NC(=O)C=C(c1ccc2ccccc2c1)C(F)(F)F. The molecule has 0 aliphatic rings. The molecule has 0 saturated heterocycles. The predicted molar refractivity (Wildman–Crippen MR) is 104 cm³/mol. The zero-order chi connectivity index (χ0) is 21.0. The zero-order valence-electron chi connectivity index (χ0n) is 15.3. The Morgan fingerprint density at radius 1 is 0.931 bits per heavy atom. The van der Waals surface area contributed by atoms with E-state index in [0.29, 0.717) is 11.5 Å². The van der Waals surface area contributed by atoms with Crippen molar-refractivity contribution in [2.24, 2.45) is 0 Å². The summed E-state index contributed by atoms with van der Waals surface area (Å²) in [4.78, 5) is 24.1. The Morgan fingerprint density at radius 2 is 1.59 bits per heavy atom. The van der Waals surface area contributed by atoms with Gasteiger partial charge in [-0.2, -0.15) is 13.2 Å². The first-order chi connectivity index (χ1) is 13.8. The number of anilines is 1. The molecule has 0 bridgehead atoms. The first kappa shape index (κ1) is 20.1. The van der Waals surface area contributed by atoms with Gasteiger partial charge in [0, 0.05) is 6.08 Å². The summed E-state index contributed by atoms with van der Waals surface area (Å²) in [6.07, 6.45) is -4.26. The third kappa shape index (κ3) is 4.63. The number of carbonyl (C=O) groups is 2. The topological polar surface area (TPSA) is 55.4 Å². The maximum absolute atomic E-state index is 13.6. The Morgan fingerprint density at radius 3 is 2.28 bits per heavy atom. The van der Waals surface area contributed by atoms with Gasteiger partial charge in [-0.3, -0.25) is 4.79 Å². The van der Waals surface area contributed by atoms with Crippen molar-refractivity contribution in [3.05, 3.63) is 83.9 Å². The van der Waals surface area contributed by atoms with E-state index in [0.717, 1.165) is 5.39 Å². The van der Waals surface area contributed by atoms with Crippen LogP contribution in [0.5, 0.6) is 0 Å². The second-order valence-corrected chi connectivity index (χ2v) is 6.14. The van der Waals surface area contributed by atoms with Crippen LogP contribution in [0.15, 0.2) is 72.8 Å². The van der Waals surface area contributed by atoms with E-state index in [1.165, 1.54) is 31.4 Å². The van der Waals surface area contributed by atoms with Crippen LogP contribution in [0, 0.1) is 0 Å². The van der Waals surface area contributed by atoms with Crippen LogP contribution in [0.2, 0.25) is 0 Å². The van der Waals surface area contributed by atoms with Crippen LogP contribution in [0.4, 0.5) is 18.9 Å². The number of hydrogen-bond acceptors (Lipinski definition) is 3. The summed E-state index contributed by atoms with van der Waals surface area (Å²) in [6, 6.07) is 17.1. The number of fused-ring (bicyclic) bond motifs is 1. The number of hydrogen-bond donors (Lipinski definition) is 1. The summed E-state index contributed by atoms with van der Waals surface area (Å²) < 4.78 is 45.6. The van der Waals surface area contributed by atoms with Crippen LogP contribution in [-0.4, -0.2) is 25.2 Å². The van der Waals surface area contributed by atoms with Crippen molar-refractivity contribution in [1.82, 2.24) is 0 Å². The minimum atomic E-state index is -4.75. The molecule has 0 unspecified atom stereocenters. The van der Waals surface area contributed by atoms with Crippen molar-refractivity contribution >= 4 is 33.9 Å². The van der Waals surface area contributed by atoms with Gasteiger partial charge in [0.15, 0.2) is 0 Å². The summed E-state index contributed by atoms with van der Waals surface area (Å²) in [7, 11) is 1.17. The number of alkyl halides is 3. The van der Waals surface area contributed by atoms with E-state index in [9.17, 15) is 22.8 Å². The summed E-state index contributed by atoms with van der Waals surface area (Å²) in [6.45, 7) is 0. The number of carbonyl (C=O) groups excluding carboxylic acids is 2. The van der Waals surface area contributed by atoms with Crippen molar-refractivity contribution < 1.29 is 27.5 Å². The van der Waals surface area contributed by atoms with Gasteiger partial charge in [-0.1, -0.05) is 48.5 Å². The van der Waals surface area contributed by atoms with Crippen LogP contribution < -0.4 is 5.32 Å². The summed E-state index contributed by atoms with van der Waals surface area (Å²) in [5.74, 6) is -1.72. The van der Waals surface area contributed by atoms with Gasteiger partial charge in [-0.25, -0.2) is 4.79 Å². The molecule has 3 rings (SSSR count). The van der Waals surface area contributed by atoms with E-state index in [-0.39, 0.29) is 16.8 Å². The van der Waals surface area contributed by atoms with Gasteiger partial charge in [0.1, 0.15) is 0 Å². The van der Waals surface area contributed by atoms with E-state index in [1.807, 2.05) is 0 Å². The molecule has 0 fully saturated rings. The fourth-order valence-corrected chi connectivity index (χ4v) is 2.87. The van der Waals surface area contributed by atoms with Crippen LogP contribution >= 0.6 is 0 Å². The van der Waals surface area contributed by atoms with Crippen molar-refractivity contribution in [3.8, 4) is 0 Å². The van der Waals surface area contributed by atoms with E-state index in [1.54, 1.807) is 42.5 Å².